The van der Waals surface area contributed by atoms with Crippen LogP contribution in [0.2, 0.25) is 0 Å². The molecule has 140 valence electrons. The normalized spacial score (nSPS) is 20.8. The number of hydrogen-bond donors (Lipinski definition) is 0. The van der Waals surface area contributed by atoms with Gasteiger partial charge in [0.1, 0.15) is 0 Å². The fourth-order valence-corrected chi connectivity index (χ4v) is 5.37. The summed E-state index contributed by atoms with van der Waals surface area (Å²) in [7, 11) is -1.80. The summed E-state index contributed by atoms with van der Waals surface area (Å²) in [6.45, 7) is 0.994. The molecule has 0 N–H and O–H groups in total. The van der Waals surface area contributed by atoms with Crippen LogP contribution in [0.5, 0.6) is 0 Å². The summed E-state index contributed by atoms with van der Waals surface area (Å²) in [5, 5.41) is 0.122. The molecule has 0 amide bonds. The second kappa shape index (κ2) is 7.29. The van der Waals surface area contributed by atoms with E-state index in [-0.39, 0.29) is 16.9 Å². The Morgan fingerprint density at radius 1 is 1.00 bits per heavy atom. The van der Waals surface area contributed by atoms with Crippen molar-refractivity contribution in [3.63, 3.8) is 0 Å². The van der Waals surface area contributed by atoms with Crippen molar-refractivity contribution in [3.05, 3.63) is 84.3 Å². The van der Waals surface area contributed by atoms with Crippen molar-refractivity contribution in [2.75, 3.05) is 13.1 Å². The minimum absolute atomic E-state index is 0.122. The van der Waals surface area contributed by atoms with E-state index in [0.29, 0.717) is 13.1 Å². The summed E-state index contributed by atoms with van der Waals surface area (Å²) in [5.74, 6) is 0.401. The lowest BCUT2D eigenvalue weighted by Gasteiger charge is -2.18. The lowest BCUT2D eigenvalue weighted by atomic mass is 9.85. The highest BCUT2D eigenvalue weighted by atomic mass is 32.2. The van der Waals surface area contributed by atoms with Gasteiger partial charge in [-0.05, 0) is 23.5 Å². The molecule has 0 saturated carbocycles. The maximum Gasteiger partial charge on any atom is 0.262 e. The van der Waals surface area contributed by atoms with E-state index in [0.717, 1.165) is 6.42 Å². The molecule has 1 aromatic heterocycles. The van der Waals surface area contributed by atoms with E-state index in [1.54, 1.807) is 22.1 Å². The topological polar surface area (TPSA) is 55.2 Å². The number of aryl methyl sites for hydroxylation is 1. The minimum Gasteiger partial charge on any atom is -0.339 e. The zero-order valence-corrected chi connectivity index (χ0v) is 16.1. The largest absolute Gasteiger partial charge is 0.339 e. The Morgan fingerprint density at radius 2 is 1.67 bits per heavy atom. The Hall–Kier alpha value is -2.44. The molecule has 1 saturated heterocycles. The molecule has 2 aromatic carbocycles. The standard InChI is InChI=1S/C21H23N3O2S/c1-23-15-21(22-16-23)27(25,26)24-13-19(12-17-8-4-2-5-9-17)20(14-24)18-10-6-3-7-11-18/h2-11,15-16,19-20H,12-14H2,1H3/t19-,20+/m0/s1. The highest BCUT2D eigenvalue weighted by molar-refractivity contribution is 7.89. The molecule has 0 radical (unpaired) electrons. The van der Waals surface area contributed by atoms with E-state index >= 15 is 0 Å². The molecule has 27 heavy (non-hydrogen) atoms. The fraction of sp³-hybridized carbons (Fsp3) is 0.286. The van der Waals surface area contributed by atoms with Gasteiger partial charge >= 0.3 is 0 Å². The van der Waals surface area contributed by atoms with Crippen molar-refractivity contribution in [2.24, 2.45) is 13.0 Å². The second-order valence-corrected chi connectivity index (χ2v) is 9.05. The van der Waals surface area contributed by atoms with Gasteiger partial charge in [0.2, 0.25) is 0 Å². The summed E-state index contributed by atoms with van der Waals surface area (Å²) in [6.07, 6.45) is 3.95. The van der Waals surface area contributed by atoms with Gasteiger partial charge < -0.3 is 4.57 Å². The molecule has 6 heteroatoms. The van der Waals surface area contributed by atoms with E-state index in [9.17, 15) is 8.42 Å². The van der Waals surface area contributed by atoms with Crippen LogP contribution in [0.4, 0.5) is 0 Å². The highest BCUT2D eigenvalue weighted by Crippen LogP contribution is 2.37. The van der Waals surface area contributed by atoms with Crippen molar-refractivity contribution in [2.45, 2.75) is 17.4 Å². The van der Waals surface area contributed by atoms with Crippen LogP contribution >= 0.6 is 0 Å². The van der Waals surface area contributed by atoms with Gasteiger partial charge in [0.25, 0.3) is 10.0 Å². The molecule has 4 rings (SSSR count). The molecular weight excluding hydrogens is 358 g/mol. The first-order valence-electron chi connectivity index (χ1n) is 9.11. The van der Waals surface area contributed by atoms with Crippen LogP contribution in [0, 0.1) is 5.92 Å². The molecule has 1 aliphatic heterocycles. The van der Waals surface area contributed by atoms with Crippen LogP contribution in [0.15, 0.2) is 78.2 Å². The lowest BCUT2D eigenvalue weighted by molar-refractivity contribution is 0.453. The van der Waals surface area contributed by atoms with Crippen LogP contribution in [-0.2, 0) is 23.5 Å². The zero-order valence-electron chi connectivity index (χ0n) is 15.3. The van der Waals surface area contributed by atoms with E-state index < -0.39 is 10.0 Å². The SMILES string of the molecule is Cn1cnc(S(=O)(=O)N2C[C@H](Cc3ccccc3)[C@@H](c3ccccc3)C2)c1. The first kappa shape index (κ1) is 17.9. The van der Waals surface area contributed by atoms with Crippen molar-refractivity contribution in [3.8, 4) is 0 Å². The molecule has 0 aliphatic carbocycles. The lowest BCUT2D eigenvalue weighted by Crippen LogP contribution is -2.29. The first-order valence-corrected chi connectivity index (χ1v) is 10.5. The fourth-order valence-electron chi connectivity index (χ4n) is 3.88. The van der Waals surface area contributed by atoms with Gasteiger partial charge in [0.15, 0.2) is 5.03 Å². The van der Waals surface area contributed by atoms with Gasteiger partial charge in [0.05, 0.1) is 6.33 Å². The van der Waals surface area contributed by atoms with Gasteiger partial charge in [-0.1, -0.05) is 60.7 Å². The Bertz CT molecular complexity index is 1000. The first-order chi connectivity index (χ1) is 13.0. The van der Waals surface area contributed by atoms with Crippen molar-refractivity contribution in [1.82, 2.24) is 13.9 Å². The van der Waals surface area contributed by atoms with Crippen LogP contribution in [-0.4, -0.2) is 35.4 Å². The minimum atomic E-state index is -3.58. The third-order valence-electron chi connectivity index (χ3n) is 5.26. The highest BCUT2D eigenvalue weighted by Gasteiger charge is 2.40. The van der Waals surface area contributed by atoms with E-state index in [4.69, 9.17) is 0 Å². The Labute approximate surface area is 160 Å². The number of nitrogens with zero attached hydrogens (tertiary/aromatic N) is 3. The predicted octanol–water partition coefficient (Wildman–Crippen LogP) is 3.07. The average molecular weight is 382 g/mol. The van der Waals surface area contributed by atoms with Crippen LogP contribution in [0.25, 0.3) is 0 Å². The maximum atomic E-state index is 13.1. The summed E-state index contributed by atoms with van der Waals surface area (Å²) < 4.78 is 29.4. The number of aromatic nitrogens is 2. The predicted molar refractivity (Wildman–Crippen MR) is 105 cm³/mol. The monoisotopic (exact) mass is 381 g/mol. The van der Waals surface area contributed by atoms with Gasteiger partial charge in [-0.15, -0.1) is 0 Å². The number of rotatable bonds is 5. The summed E-state index contributed by atoms with van der Waals surface area (Å²) in [4.78, 5) is 4.07. The van der Waals surface area contributed by atoms with Crippen molar-refractivity contribution >= 4 is 10.0 Å². The van der Waals surface area contributed by atoms with E-state index in [1.807, 2.05) is 36.4 Å². The molecule has 0 unspecified atom stereocenters. The van der Waals surface area contributed by atoms with Gasteiger partial charge in [0, 0.05) is 32.3 Å². The summed E-state index contributed by atoms with van der Waals surface area (Å²) in [5.41, 5.74) is 2.43. The molecule has 1 fully saturated rings. The average Bonchev–Trinajstić information content (AvgIpc) is 3.31. The van der Waals surface area contributed by atoms with Gasteiger partial charge in [-0.2, -0.15) is 4.31 Å². The molecule has 5 nitrogen and oxygen atoms in total. The van der Waals surface area contributed by atoms with E-state index in [2.05, 4.69) is 29.2 Å². The Morgan fingerprint density at radius 3 is 2.30 bits per heavy atom. The molecule has 2 atom stereocenters. The summed E-state index contributed by atoms with van der Waals surface area (Å²) >= 11 is 0. The van der Waals surface area contributed by atoms with E-state index in [1.165, 1.54) is 17.5 Å². The third-order valence-corrected chi connectivity index (χ3v) is 6.98. The molecule has 0 spiro atoms. The molecule has 2 heterocycles. The van der Waals surface area contributed by atoms with Crippen LogP contribution < -0.4 is 0 Å². The smallest absolute Gasteiger partial charge is 0.262 e. The second-order valence-electron chi connectivity index (χ2n) is 7.17. The third kappa shape index (κ3) is 3.68. The number of benzene rings is 2. The number of sulfonamides is 1. The molecular formula is C21H23N3O2S. The number of imidazole rings is 1. The molecule has 0 bridgehead atoms. The van der Waals surface area contributed by atoms with Crippen LogP contribution in [0.1, 0.15) is 17.0 Å². The Balaban J connectivity index is 1.64. The van der Waals surface area contributed by atoms with Crippen molar-refractivity contribution in [1.29, 1.82) is 0 Å². The van der Waals surface area contributed by atoms with Crippen LogP contribution in [0.3, 0.4) is 0 Å². The molecule has 3 aromatic rings. The quantitative estimate of drug-likeness (QED) is 0.682. The maximum absolute atomic E-state index is 13.1. The summed E-state index contributed by atoms with van der Waals surface area (Å²) in [6, 6.07) is 20.5. The Kier molecular flexibility index (Phi) is 4.85. The zero-order chi connectivity index (χ0) is 18.9. The van der Waals surface area contributed by atoms with Gasteiger partial charge in [-0.25, -0.2) is 13.4 Å². The van der Waals surface area contributed by atoms with Gasteiger partial charge in [-0.3, -0.25) is 0 Å². The number of hydrogen-bond acceptors (Lipinski definition) is 3. The molecule has 1 aliphatic rings. The van der Waals surface area contributed by atoms with Crippen molar-refractivity contribution < 1.29 is 8.42 Å².